The summed E-state index contributed by atoms with van der Waals surface area (Å²) >= 11 is 0. The molecule has 1 aromatic carbocycles. The smallest absolute Gasteiger partial charge is 0.307 e. The lowest BCUT2D eigenvalue weighted by atomic mass is 10.1. The quantitative estimate of drug-likeness (QED) is 0.793. The van der Waals surface area contributed by atoms with Crippen molar-refractivity contribution in [1.82, 2.24) is 5.32 Å². The number of carbonyl (C=O) groups is 2. The van der Waals surface area contributed by atoms with Crippen LogP contribution < -0.4 is 5.32 Å². The van der Waals surface area contributed by atoms with Crippen molar-refractivity contribution in [3.8, 4) is 0 Å². The number of nitrogens with one attached hydrogen (secondary N) is 1. The number of carboxylic acids is 1. The minimum atomic E-state index is -0.894. The van der Waals surface area contributed by atoms with Crippen LogP contribution in [0.15, 0.2) is 30.3 Å². The van der Waals surface area contributed by atoms with Crippen molar-refractivity contribution in [3.05, 3.63) is 35.9 Å². The van der Waals surface area contributed by atoms with Gasteiger partial charge in [0.15, 0.2) is 0 Å². The van der Waals surface area contributed by atoms with Gasteiger partial charge in [0.2, 0.25) is 5.91 Å². The van der Waals surface area contributed by atoms with Gasteiger partial charge in [-0.05, 0) is 18.9 Å². The van der Waals surface area contributed by atoms with Crippen molar-refractivity contribution in [2.45, 2.75) is 19.4 Å². The van der Waals surface area contributed by atoms with Crippen LogP contribution in [-0.4, -0.2) is 30.1 Å². The summed E-state index contributed by atoms with van der Waals surface area (Å²) in [5, 5.41) is 11.6. The third kappa shape index (κ3) is 3.57. The van der Waals surface area contributed by atoms with Gasteiger partial charge in [0, 0.05) is 13.2 Å². The zero-order valence-electron chi connectivity index (χ0n) is 11.4. The second-order valence-electron chi connectivity index (χ2n) is 4.89. The van der Waals surface area contributed by atoms with Crippen LogP contribution in [0.4, 0.5) is 0 Å². The molecule has 0 heterocycles. The van der Waals surface area contributed by atoms with Gasteiger partial charge in [-0.25, -0.2) is 0 Å². The molecule has 2 N–H and O–H groups in total. The Labute approximate surface area is 117 Å². The van der Waals surface area contributed by atoms with Crippen LogP contribution in [0.1, 0.15) is 25.0 Å². The van der Waals surface area contributed by atoms with Gasteiger partial charge in [0.05, 0.1) is 17.9 Å². The molecule has 0 bridgehead atoms. The van der Waals surface area contributed by atoms with Crippen LogP contribution >= 0.6 is 0 Å². The topological polar surface area (TPSA) is 75.6 Å². The Kier molecular flexibility index (Phi) is 4.74. The Morgan fingerprint density at radius 2 is 2.05 bits per heavy atom. The highest BCUT2D eigenvalue weighted by Crippen LogP contribution is 2.38. The summed E-state index contributed by atoms with van der Waals surface area (Å²) in [5.74, 6) is -1.99. The van der Waals surface area contributed by atoms with Crippen LogP contribution in [0.25, 0.3) is 0 Å². The van der Waals surface area contributed by atoms with Gasteiger partial charge in [-0.15, -0.1) is 0 Å². The molecule has 1 aliphatic carbocycles. The second-order valence-corrected chi connectivity index (χ2v) is 4.89. The highest BCUT2D eigenvalue weighted by Gasteiger charge is 2.48. The van der Waals surface area contributed by atoms with Crippen molar-refractivity contribution in [3.63, 3.8) is 0 Å². The van der Waals surface area contributed by atoms with Gasteiger partial charge in [-0.1, -0.05) is 30.3 Å². The molecule has 1 aromatic rings. The van der Waals surface area contributed by atoms with Crippen LogP contribution in [0, 0.1) is 11.8 Å². The van der Waals surface area contributed by atoms with E-state index >= 15 is 0 Å². The summed E-state index contributed by atoms with van der Waals surface area (Å²) in [6.45, 7) is 2.81. The molecule has 5 heteroatoms. The Balaban J connectivity index is 1.87. The highest BCUT2D eigenvalue weighted by atomic mass is 16.5. The lowest BCUT2D eigenvalue weighted by Crippen LogP contribution is -2.31. The minimum absolute atomic E-state index is 0.196. The molecule has 5 nitrogen and oxygen atoms in total. The van der Waals surface area contributed by atoms with E-state index in [4.69, 9.17) is 9.84 Å². The summed E-state index contributed by atoms with van der Waals surface area (Å²) in [5.41, 5.74) is 1.00. The Morgan fingerprint density at radius 3 is 2.60 bits per heavy atom. The van der Waals surface area contributed by atoms with Crippen LogP contribution in [0.5, 0.6) is 0 Å². The van der Waals surface area contributed by atoms with Gasteiger partial charge in [-0.2, -0.15) is 0 Å². The molecule has 0 spiro atoms. The summed E-state index contributed by atoms with van der Waals surface area (Å²) in [6.07, 6.45) is 0.235. The molecule has 108 valence electrons. The number of rotatable bonds is 7. The number of carboxylic acid groups (broad SMARTS) is 1. The SMILES string of the molecule is CCOC(CNC(=O)C1CC1C(=O)O)c1ccccc1. The molecule has 0 radical (unpaired) electrons. The molecule has 1 amide bonds. The zero-order chi connectivity index (χ0) is 14.5. The fourth-order valence-electron chi connectivity index (χ4n) is 2.22. The first kappa shape index (κ1) is 14.5. The van der Waals surface area contributed by atoms with Crippen molar-refractivity contribution >= 4 is 11.9 Å². The molecule has 1 fully saturated rings. The standard InChI is InChI=1S/C15H19NO4/c1-2-20-13(10-6-4-3-5-7-10)9-16-14(17)11-8-12(11)15(18)19/h3-7,11-13H,2,8-9H2,1H3,(H,16,17)(H,18,19). The molecule has 0 aliphatic heterocycles. The first-order valence-corrected chi connectivity index (χ1v) is 6.80. The fourth-order valence-corrected chi connectivity index (χ4v) is 2.22. The molecule has 0 saturated heterocycles. The molecule has 3 unspecified atom stereocenters. The van der Waals surface area contributed by atoms with E-state index in [9.17, 15) is 9.59 Å². The average molecular weight is 277 g/mol. The second kappa shape index (κ2) is 6.52. The third-order valence-electron chi connectivity index (χ3n) is 3.45. The Bertz CT molecular complexity index is 474. The normalized spacial score (nSPS) is 22.1. The molecular formula is C15H19NO4. The predicted octanol–water partition coefficient (Wildman–Crippen LogP) is 1.60. The minimum Gasteiger partial charge on any atom is -0.481 e. The van der Waals surface area contributed by atoms with Crippen LogP contribution in [0.2, 0.25) is 0 Å². The van der Waals surface area contributed by atoms with Gasteiger partial charge >= 0.3 is 5.97 Å². The highest BCUT2D eigenvalue weighted by molar-refractivity contribution is 5.89. The third-order valence-corrected chi connectivity index (χ3v) is 3.45. The van der Waals surface area contributed by atoms with Gasteiger partial charge in [-0.3, -0.25) is 9.59 Å². The Morgan fingerprint density at radius 1 is 1.35 bits per heavy atom. The van der Waals surface area contributed by atoms with E-state index < -0.39 is 11.9 Å². The fraction of sp³-hybridized carbons (Fsp3) is 0.467. The number of aliphatic carboxylic acids is 1. The van der Waals surface area contributed by atoms with E-state index in [2.05, 4.69) is 5.32 Å². The van der Waals surface area contributed by atoms with Crippen LogP contribution in [-0.2, 0) is 14.3 Å². The van der Waals surface area contributed by atoms with Crippen molar-refractivity contribution in [2.24, 2.45) is 11.8 Å². The first-order chi connectivity index (χ1) is 9.63. The van der Waals surface area contributed by atoms with Gasteiger partial charge < -0.3 is 15.2 Å². The van der Waals surface area contributed by atoms with Gasteiger partial charge in [0.25, 0.3) is 0 Å². The van der Waals surface area contributed by atoms with Crippen molar-refractivity contribution < 1.29 is 19.4 Å². The first-order valence-electron chi connectivity index (χ1n) is 6.80. The molecule has 20 heavy (non-hydrogen) atoms. The molecule has 1 saturated carbocycles. The maximum atomic E-state index is 11.8. The van der Waals surface area contributed by atoms with E-state index in [1.165, 1.54) is 0 Å². The summed E-state index contributed by atoms with van der Waals surface area (Å²) < 4.78 is 5.62. The molecule has 2 rings (SSSR count). The van der Waals surface area contributed by atoms with E-state index in [1.807, 2.05) is 37.3 Å². The van der Waals surface area contributed by atoms with E-state index in [1.54, 1.807) is 0 Å². The number of benzene rings is 1. The maximum absolute atomic E-state index is 11.8. The molecular weight excluding hydrogens is 258 g/mol. The zero-order valence-corrected chi connectivity index (χ0v) is 11.4. The summed E-state index contributed by atoms with van der Waals surface area (Å²) in [7, 11) is 0. The van der Waals surface area contributed by atoms with Crippen LogP contribution in [0.3, 0.4) is 0 Å². The summed E-state index contributed by atoms with van der Waals surface area (Å²) in [4.78, 5) is 22.6. The maximum Gasteiger partial charge on any atom is 0.307 e. The van der Waals surface area contributed by atoms with E-state index in [0.29, 0.717) is 19.6 Å². The monoisotopic (exact) mass is 277 g/mol. The molecule has 1 aliphatic rings. The number of hydrogen-bond donors (Lipinski definition) is 2. The van der Waals surface area contributed by atoms with E-state index in [0.717, 1.165) is 5.56 Å². The van der Waals surface area contributed by atoms with Crippen molar-refractivity contribution in [1.29, 1.82) is 0 Å². The summed E-state index contributed by atoms with van der Waals surface area (Å²) in [6, 6.07) is 9.66. The predicted molar refractivity (Wildman–Crippen MR) is 73.1 cm³/mol. The average Bonchev–Trinajstić information content (AvgIpc) is 3.24. The van der Waals surface area contributed by atoms with Crippen molar-refractivity contribution in [2.75, 3.05) is 13.2 Å². The lowest BCUT2D eigenvalue weighted by Gasteiger charge is -2.18. The number of ether oxygens (including phenoxy) is 1. The molecule has 0 aromatic heterocycles. The number of amides is 1. The number of hydrogen-bond acceptors (Lipinski definition) is 3. The number of carbonyl (C=O) groups excluding carboxylic acids is 1. The largest absolute Gasteiger partial charge is 0.481 e. The Hall–Kier alpha value is -1.88. The van der Waals surface area contributed by atoms with E-state index in [-0.39, 0.29) is 17.9 Å². The lowest BCUT2D eigenvalue weighted by molar-refractivity contribution is -0.140. The van der Waals surface area contributed by atoms with Gasteiger partial charge in [0.1, 0.15) is 0 Å². The molecule has 3 atom stereocenters.